The summed E-state index contributed by atoms with van der Waals surface area (Å²) in [6, 6.07) is 7.09. The molecular weight excluding hydrogens is 631 g/mol. The van der Waals surface area contributed by atoms with Crippen molar-refractivity contribution in [3.05, 3.63) is 54.1 Å². The summed E-state index contributed by atoms with van der Waals surface area (Å²) >= 11 is 0. The van der Waals surface area contributed by atoms with Crippen molar-refractivity contribution in [2.75, 3.05) is 49.2 Å². The van der Waals surface area contributed by atoms with Gasteiger partial charge in [0.05, 0.1) is 24.9 Å². The van der Waals surface area contributed by atoms with E-state index < -0.39 is 12.7 Å². The van der Waals surface area contributed by atoms with Gasteiger partial charge in [0, 0.05) is 67.5 Å². The number of halogens is 3. The van der Waals surface area contributed by atoms with Gasteiger partial charge in [0.15, 0.2) is 5.82 Å². The van der Waals surface area contributed by atoms with Crippen LogP contribution in [0.2, 0.25) is 0 Å². The highest BCUT2D eigenvalue weighted by Crippen LogP contribution is 2.38. The third-order valence-electron chi connectivity index (χ3n) is 7.84. The fourth-order valence-corrected chi connectivity index (χ4v) is 5.44. The van der Waals surface area contributed by atoms with Crippen LogP contribution in [-0.4, -0.2) is 91.1 Å². The topological polar surface area (TPSA) is 160 Å². The molecule has 6 rings (SSSR count). The van der Waals surface area contributed by atoms with E-state index in [1.54, 1.807) is 16.9 Å². The number of H-pyrrole nitrogens is 1. The number of nitrogens with zero attached hydrogens (tertiary/aromatic N) is 7. The Balaban J connectivity index is 1.13. The minimum atomic E-state index is -4.40. The van der Waals surface area contributed by atoms with E-state index in [1.807, 2.05) is 44.1 Å². The van der Waals surface area contributed by atoms with Crippen molar-refractivity contribution in [1.82, 2.24) is 39.6 Å². The Labute approximate surface area is 273 Å². The highest BCUT2D eigenvalue weighted by molar-refractivity contribution is 6.08. The molecule has 4 N–H and O–H groups in total. The third-order valence-corrected chi connectivity index (χ3v) is 7.84. The SMILES string of the molecule is COc1ccc2c(-c3nc(Nc4cc(C)n(C)n4)ncc3C)c[nH]c2c1NC(=O)CN1CCC(Oc2ccnc(NCC(F)(F)F)n2)C1. The van der Waals surface area contributed by atoms with Crippen molar-refractivity contribution in [2.24, 2.45) is 7.05 Å². The normalized spacial score (nSPS) is 15.1. The second-order valence-corrected chi connectivity index (χ2v) is 11.4. The third kappa shape index (κ3) is 7.41. The standard InChI is InChI=1S/C31H34F3N11O3/c1-17-12-37-30(39-23-11-18(2)44(3)43-23)42-26(17)21-13-36-27-20(21)5-6-22(47-4)28(27)40-24(46)15-45-10-8-19(14-45)48-25-7-9-35-29(41-25)38-16-31(32,33)34/h5-7,9,11-13,19,36H,8,10,14-16H2,1-4H3,(H,40,46)(H,35,38,41)(H,37,39,42,43). The summed E-state index contributed by atoms with van der Waals surface area (Å²) in [7, 11) is 3.39. The largest absolute Gasteiger partial charge is 0.494 e. The predicted octanol–water partition coefficient (Wildman–Crippen LogP) is 4.58. The van der Waals surface area contributed by atoms with E-state index in [0.717, 1.165) is 22.2 Å². The van der Waals surface area contributed by atoms with E-state index >= 15 is 0 Å². The lowest BCUT2D eigenvalue weighted by molar-refractivity contribution is -0.117. The van der Waals surface area contributed by atoms with Gasteiger partial charge in [-0.25, -0.2) is 15.0 Å². The molecule has 1 saturated heterocycles. The number of aryl methyl sites for hydroxylation is 3. The van der Waals surface area contributed by atoms with Crippen LogP contribution < -0.4 is 25.4 Å². The average molecular weight is 666 g/mol. The number of methoxy groups -OCH3 is 1. The Morgan fingerprint density at radius 3 is 2.73 bits per heavy atom. The van der Waals surface area contributed by atoms with E-state index in [4.69, 9.17) is 14.5 Å². The number of aromatic nitrogens is 7. The van der Waals surface area contributed by atoms with Gasteiger partial charge in [-0.2, -0.15) is 23.3 Å². The molecular formula is C31H34F3N11O3. The number of carbonyl (C=O) groups excluding carboxylic acids is 1. The van der Waals surface area contributed by atoms with E-state index in [2.05, 4.69) is 41.0 Å². The molecule has 0 aliphatic carbocycles. The number of likely N-dealkylation sites (tertiary alicyclic amines) is 1. The van der Waals surface area contributed by atoms with E-state index in [0.29, 0.717) is 53.9 Å². The lowest BCUT2D eigenvalue weighted by Crippen LogP contribution is -2.33. The first-order valence-corrected chi connectivity index (χ1v) is 15.1. The highest BCUT2D eigenvalue weighted by Gasteiger charge is 2.29. The summed E-state index contributed by atoms with van der Waals surface area (Å²) in [6.07, 6.45) is 0.812. The zero-order valence-corrected chi connectivity index (χ0v) is 26.6. The van der Waals surface area contributed by atoms with Gasteiger partial charge in [-0.1, -0.05) is 0 Å². The summed E-state index contributed by atoms with van der Waals surface area (Å²) in [5.41, 5.74) is 4.55. The number of hydrogen-bond donors (Lipinski definition) is 4. The molecule has 4 aromatic heterocycles. The van der Waals surface area contributed by atoms with Crippen molar-refractivity contribution < 1.29 is 27.4 Å². The fraction of sp³-hybridized carbons (Fsp3) is 0.355. The van der Waals surface area contributed by atoms with Crippen LogP contribution in [0.25, 0.3) is 22.2 Å². The number of ether oxygens (including phenoxy) is 2. The van der Waals surface area contributed by atoms with Crippen LogP contribution in [0.5, 0.6) is 11.6 Å². The van der Waals surface area contributed by atoms with Crippen molar-refractivity contribution in [3.8, 4) is 22.9 Å². The Morgan fingerprint density at radius 1 is 1.15 bits per heavy atom. The van der Waals surface area contributed by atoms with E-state index in [1.165, 1.54) is 19.4 Å². The molecule has 14 nitrogen and oxygen atoms in total. The number of aromatic amines is 1. The maximum atomic E-state index is 13.3. The Hall–Kier alpha value is -5.45. The molecule has 252 valence electrons. The lowest BCUT2D eigenvalue weighted by atomic mass is 10.1. The molecule has 5 aromatic rings. The van der Waals surface area contributed by atoms with Crippen LogP contribution in [0.3, 0.4) is 0 Å². The number of anilines is 4. The van der Waals surface area contributed by atoms with Crippen LogP contribution in [0, 0.1) is 13.8 Å². The molecule has 1 aliphatic heterocycles. The maximum absolute atomic E-state index is 13.3. The summed E-state index contributed by atoms with van der Waals surface area (Å²) in [5, 5.41) is 13.6. The average Bonchev–Trinajstić information content (AvgIpc) is 3.75. The fourth-order valence-electron chi connectivity index (χ4n) is 5.44. The lowest BCUT2D eigenvalue weighted by Gasteiger charge is -2.17. The predicted molar refractivity (Wildman–Crippen MR) is 173 cm³/mol. The Bertz CT molecular complexity index is 1920. The minimum absolute atomic E-state index is 0.0855. The molecule has 1 amide bonds. The van der Waals surface area contributed by atoms with E-state index in [-0.39, 0.29) is 30.4 Å². The minimum Gasteiger partial charge on any atom is -0.494 e. The van der Waals surface area contributed by atoms with Gasteiger partial charge in [-0.05, 0) is 38.0 Å². The number of alkyl halides is 3. The number of fused-ring (bicyclic) bond motifs is 1. The van der Waals surface area contributed by atoms with Gasteiger partial charge >= 0.3 is 6.18 Å². The van der Waals surface area contributed by atoms with Gasteiger partial charge in [0.25, 0.3) is 0 Å². The number of amides is 1. The van der Waals surface area contributed by atoms with Crippen LogP contribution in [0.4, 0.5) is 36.6 Å². The molecule has 1 fully saturated rings. The van der Waals surface area contributed by atoms with E-state index in [9.17, 15) is 18.0 Å². The summed E-state index contributed by atoms with van der Waals surface area (Å²) in [4.78, 5) is 35.5. The molecule has 5 heterocycles. The molecule has 0 spiro atoms. The van der Waals surface area contributed by atoms with Crippen molar-refractivity contribution in [3.63, 3.8) is 0 Å². The Kier molecular flexibility index (Phi) is 9.03. The summed E-state index contributed by atoms with van der Waals surface area (Å²) in [5.74, 6) is 1.23. The smallest absolute Gasteiger partial charge is 0.405 e. The van der Waals surface area contributed by atoms with Crippen molar-refractivity contribution in [2.45, 2.75) is 32.5 Å². The van der Waals surface area contributed by atoms with Crippen LogP contribution in [0.15, 0.2) is 42.9 Å². The molecule has 1 aliphatic rings. The maximum Gasteiger partial charge on any atom is 0.405 e. The molecule has 1 atom stereocenters. The number of benzene rings is 1. The zero-order valence-electron chi connectivity index (χ0n) is 26.6. The van der Waals surface area contributed by atoms with Crippen LogP contribution in [-0.2, 0) is 11.8 Å². The van der Waals surface area contributed by atoms with Gasteiger partial charge in [-0.3, -0.25) is 14.4 Å². The molecule has 0 saturated carbocycles. The molecule has 1 unspecified atom stereocenters. The van der Waals surface area contributed by atoms with Gasteiger partial charge < -0.3 is 30.4 Å². The number of carbonyl (C=O) groups is 1. The monoisotopic (exact) mass is 665 g/mol. The van der Waals surface area contributed by atoms with Crippen LogP contribution in [0.1, 0.15) is 17.7 Å². The first kappa shape index (κ1) is 32.5. The first-order chi connectivity index (χ1) is 23.0. The number of nitrogens with one attached hydrogen (secondary N) is 4. The molecule has 17 heteroatoms. The molecule has 0 bridgehead atoms. The highest BCUT2D eigenvalue weighted by atomic mass is 19.4. The molecule has 48 heavy (non-hydrogen) atoms. The first-order valence-electron chi connectivity index (χ1n) is 15.1. The molecule has 0 radical (unpaired) electrons. The summed E-state index contributed by atoms with van der Waals surface area (Å²) in [6.45, 7) is 3.72. The Morgan fingerprint density at radius 2 is 1.98 bits per heavy atom. The second-order valence-electron chi connectivity index (χ2n) is 11.4. The van der Waals surface area contributed by atoms with Crippen LogP contribution >= 0.6 is 0 Å². The van der Waals surface area contributed by atoms with Crippen molar-refractivity contribution >= 4 is 40.2 Å². The van der Waals surface area contributed by atoms with Gasteiger partial charge in [0.1, 0.15) is 24.1 Å². The van der Waals surface area contributed by atoms with Crippen molar-refractivity contribution in [1.29, 1.82) is 0 Å². The molecule has 1 aromatic carbocycles. The summed E-state index contributed by atoms with van der Waals surface area (Å²) < 4.78 is 50.9. The quantitative estimate of drug-likeness (QED) is 0.156. The second kappa shape index (κ2) is 13.3. The van der Waals surface area contributed by atoms with Gasteiger partial charge in [-0.15, -0.1) is 0 Å². The number of hydrogen-bond acceptors (Lipinski definition) is 11. The zero-order chi connectivity index (χ0) is 34.0. The number of rotatable bonds is 11. The van der Waals surface area contributed by atoms with Gasteiger partial charge in [0.2, 0.25) is 23.7 Å².